The molecule has 4 N–H and O–H groups in total. The van der Waals surface area contributed by atoms with Crippen LogP contribution in [0.3, 0.4) is 0 Å². The molecule has 360 valence electrons. The third-order valence-corrected chi connectivity index (χ3v) is 14.0. The molecule has 4 aliphatic rings. The van der Waals surface area contributed by atoms with Crippen LogP contribution < -0.4 is 26.0 Å². The van der Waals surface area contributed by atoms with Crippen molar-refractivity contribution < 1.29 is 38.2 Å². The molecule has 0 radical (unpaired) electrons. The smallest absolute Gasteiger partial charge is 0.266 e. The SMILES string of the molecule is Cc1c(C(=O)NCCCCNC(=O)COc2cccc3c2C(=O)N(C2CCCOCNC2=O)C3=O)sc2c1C(c1ccc(Cl)cc1)=N[C@@H](CC(=O)NCCCN1CCN(C)CC1)c1nnc(C)n1-2. The van der Waals surface area contributed by atoms with Gasteiger partial charge in [-0.3, -0.25) is 43.2 Å². The third-order valence-electron chi connectivity index (χ3n) is 12.5. The van der Waals surface area contributed by atoms with E-state index < -0.39 is 42.3 Å². The maximum absolute atomic E-state index is 13.9. The zero-order valence-electron chi connectivity index (χ0n) is 38.4. The summed E-state index contributed by atoms with van der Waals surface area (Å²) < 4.78 is 12.9. The van der Waals surface area contributed by atoms with Gasteiger partial charge in [0.1, 0.15) is 35.4 Å². The number of aryl methyl sites for hydroxylation is 1. The summed E-state index contributed by atoms with van der Waals surface area (Å²) in [5.74, 6) is -1.38. The molecule has 0 spiro atoms. The molecule has 2 atom stereocenters. The molecule has 21 heteroatoms. The second-order valence-corrected chi connectivity index (χ2v) is 18.7. The molecule has 0 bridgehead atoms. The lowest BCUT2D eigenvalue weighted by Gasteiger charge is -2.32. The molecule has 0 saturated carbocycles. The predicted octanol–water partition coefficient (Wildman–Crippen LogP) is 3.19. The summed E-state index contributed by atoms with van der Waals surface area (Å²) in [6, 6.07) is 10.3. The number of aliphatic imine (C=N–C) groups is 1. The first kappa shape index (κ1) is 48.4. The number of nitrogens with one attached hydrogen (secondary N) is 4. The van der Waals surface area contributed by atoms with Gasteiger partial charge in [0, 0.05) is 68.6 Å². The summed E-state index contributed by atoms with van der Waals surface area (Å²) in [7, 11) is 2.13. The van der Waals surface area contributed by atoms with Crippen LogP contribution in [0.5, 0.6) is 5.75 Å². The van der Waals surface area contributed by atoms with E-state index in [-0.39, 0.29) is 48.3 Å². The first-order chi connectivity index (χ1) is 32.9. The first-order valence-electron chi connectivity index (χ1n) is 23.0. The molecule has 19 nitrogen and oxygen atoms in total. The van der Waals surface area contributed by atoms with Gasteiger partial charge in [-0.25, -0.2) is 0 Å². The van der Waals surface area contributed by atoms with E-state index in [1.807, 2.05) is 30.5 Å². The Bertz CT molecular complexity index is 2590. The lowest BCUT2D eigenvalue weighted by molar-refractivity contribution is -0.128. The van der Waals surface area contributed by atoms with E-state index in [0.29, 0.717) is 72.8 Å². The van der Waals surface area contributed by atoms with Crippen molar-refractivity contribution >= 4 is 64.1 Å². The Morgan fingerprint density at radius 1 is 0.897 bits per heavy atom. The fraction of sp³-hybridized carbons (Fsp3) is 0.468. The van der Waals surface area contributed by atoms with Crippen LogP contribution in [0, 0.1) is 13.8 Å². The van der Waals surface area contributed by atoms with E-state index in [9.17, 15) is 28.8 Å². The number of benzene rings is 2. The number of thiophene rings is 1. The van der Waals surface area contributed by atoms with Crippen molar-refractivity contribution in [1.82, 2.24) is 50.7 Å². The second-order valence-electron chi connectivity index (χ2n) is 17.2. The van der Waals surface area contributed by atoms with Crippen molar-refractivity contribution in [2.45, 2.75) is 64.5 Å². The predicted molar refractivity (Wildman–Crippen MR) is 254 cm³/mol. The van der Waals surface area contributed by atoms with Crippen LogP contribution in [0.4, 0.5) is 0 Å². The average Bonchev–Trinajstić information content (AvgIpc) is 3.92. The monoisotopic (exact) mass is 969 g/mol. The van der Waals surface area contributed by atoms with Gasteiger partial charge < -0.3 is 40.5 Å². The number of carbonyl (C=O) groups is 6. The number of halogens is 1. The minimum absolute atomic E-state index is 0.00782. The maximum atomic E-state index is 13.9. The number of rotatable bonds is 17. The highest BCUT2D eigenvalue weighted by atomic mass is 35.5. The lowest BCUT2D eigenvalue weighted by atomic mass is 9.99. The standard InChI is InChI=1S/C47H56ClN11O8S/c1-28-38-40(30-12-14-31(48)15-13-30)53-33(25-36(60)49-18-8-19-57-22-20-56(3)21-23-57)42-55-54-29(2)58(42)47(38)68-41(28)44(63)51-17-5-4-16-50-37(61)26-67-35-11-6-9-32-39(35)46(65)59(45(32)64)34-10-7-24-66-27-52-43(34)62/h6,9,11-15,33-34H,4-5,7-8,10,16-27H2,1-3H3,(H,49,60)(H,50,61)(H,51,63)(H,52,62)/t33-,34?/m0/s1. The van der Waals surface area contributed by atoms with Crippen molar-refractivity contribution in [3.05, 3.63) is 91.8 Å². The molecule has 4 aliphatic heterocycles. The number of unbranched alkanes of at least 4 members (excludes halogenated alkanes) is 1. The van der Waals surface area contributed by atoms with Gasteiger partial charge in [-0.05, 0) is 89.4 Å². The number of fused-ring (bicyclic) bond motifs is 4. The van der Waals surface area contributed by atoms with Crippen LogP contribution in [0.1, 0.15) is 103 Å². The fourth-order valence-electron chi connectivity index (χ4n) is 8.79. The molecule has 68 heavy (non-hydrogen) atoms. The molecule has 8 rings (SSSR count). The van der Waals surface area contributed by atoms with Gasteiger partial charge in [0.2, 0.25) is 11.8 Å². The fourth-order valence-corrected chi connectivity index (χ4v) is 10.2. The minimum Gasteiger partial charge on any atom is -0.483 e. The number of carbonyl (C=O) groups excluding carboxylic acids is 6. The average molecular weight is 971 g/mol. The van der Waals surface area contributed by atoms with E-state index in [0.717, 1.165) is 65.7 Å². The molecule has 2 saturated heterocycles. The molecular weight excluding hydrogens is 914 g/mol. The number of likely N-dealkylation sites (N-methyl/N-ethyl adjacent to an activating group) is 1. The highest BCUT2D eigenvalue weighted by Crippen LogP contribution is 2.40. The number of hydrogen-bond donors (Lipinski definition) is 4. The number of nitrogens with zero attached hydrogens (tertiary/aromatic N) is 7. The third kappa shape index (κ3) is 10.8. The number of imide groups is 1. The zero-order chi connectivity index (χ0) is 47.9. The summed E-state index contributed by atoms with van der Waals surface area (Å²) in [5, 5.41) is 21.7. The Labute approximate surface area is 403 Å². The molecule has 6 heterocycles. The largest absolute Gasteiger partial charge is 0.483 e. The maximum Gasteiger partial charge on any atom is 0.266 e. The summed E-state index contributed by atoms with van der Waals surface area (Å²) in [4.78, 5) is 91.1. The van der Waals surface area contributed by atoms with Crippen LogP contribution in [-0.4, -0.2) is 156 Å². The van der Waals surface area contributed by atoms with Crippen LogP contribution in [-0.2, 0) is 19.1 Å². The molecule has 6 amide bonds. The van der Waals surface area contributed by atoms with Crippen molar-refractivity contribution in [1.29, 1.82) is 0 Å². The highest BCUT2D eigenvalue weighted by molar-refractivity contribution is 7.17. The Morgan fingerprint density at radius 2 is 1.63 bits per heavy atom. The molecule has 4 aromatic rings. The molecular formula is C47H56ClN11O8S. The van der Waals surface area contributed by atoms with Gasteiger partial charge in [-0.2, -0.15) is 0 Å². The van der Waals surface area contributed by atoms with Gasteiger partial charge in [0.15, 0.2) is 12.4 Å². The van der Waals surface area contributed by atoms with Crippen LogP contribution in [0.2, 0.25) is 5.02 Å². The van der Waals surface area contributed by atoms with Gasteiger partial charge in [0.25, 0.3) is 23.6 Å². The Kier molecular flexibility index (Phi) is 15.6. The number of aromatic nitrogens is 3. The normalized spacial score (nSPS) is 18.6. The number of amides is 6. The number of ether oxygens (including phenoxy) is 2. The van der Waals surface area contributed by atoms with Crippen LogP contribution >= 0.6 is 22.9 Å². The summed E-state index contributed by atoms with van der Waals surface area (Å²) in [5.41, 5.74) is 2.99. The molecule has 2 aromatic carbocycles. The van der Waals surface area contributed by atoms with Crippen molar-refractivity contribution in [3.8, 4) is 10.8 Å². The lowest BCUT2D eigenvalue weighted by Crippen LogP contribution is -2.51. The second kappa shape index (κ2) is 21.9. The van der Waals surface area contributed by atoms with E-state index in [1.165, 1.54) is 23.5 Å². The van der Waals surface area contributed by atoms with Crippen LogP contribution in [0.15, 0.2) is 47.5 Å². The van der Waals surface area contributed by atoms with E-state index in [2.05, 4.69) is 48.3 Å². The number of hydrogen-bond acceptors (Lipinski definition) is 14. The van der Waals surface area contributed by atoms with Crippen molar-refractivity contribution in [3.63, 3.8) is 0 Å². The van der Waals surface area contributed by atoms with E-state index >= 15 is 0 Å². The van der Waals surface area contributed by atoms with Gasteiger partial charge in [-0.1, -0.05) is 29.8 Å². The Balaban J connectivity index is 0.858. The summed E-state index contributed by atoms with van der Waals surface area (Å²) >= 11 is 7.62. The van der Waals surface area contributed by atoms with Gasteiger partial charge >= 0.3 is 0 Å². The van der Waals surface area contributed by atoms with E-state index in [1.54, 1.807) is 18.2 Å². The minimum atomic E-state index is -0.987. The zero-order valence-corrected chi connectivity index (χ0v) is 40.0. The molecule has 0 aliphatic carbocycles. The molecule has 1 unspecified atom stereocenters. The van der Waals surface area contributed by atoms with Gasteiger partial charge in [-0.15, -0.1) is 21.5 Å². The summed E-state index contributed by atoms with van der Waals surface area (Å²) in [6.45, 7) is 9.95. The highest BCUT2D eigenvalue weighted by Gasteiger charge is 2.44. The first-order valence-corrected chi connectivity index (χ1v) is 24.2. The topological polar surface area (TPSA) is 222 Å². The Morgan fingerprint density at radius 3 is 2.41 bits per heavy atom. The van der Waals surface area contributed by atoms with E-state index in [4.69, 9.17) is 26.1 Å². The van der Waals surface area contributed by atoms with Crippen molar-refractivity contribution in [2.75, 3.05) is 79.4 Å². The Hall–Kier alpha value is -6.06. The number of piperazine rings is 1. The summed E-state index contributed by atoms with van der Waals surface area (Å²) in [6.07, 6.45) is 2.76. The molecule has 2 fully saturated rings. The van der Waals surface area contributed by atoms with Crippen molar-refractivity contribution in [2.24, 2.45) is 4.99 Å². The quantitative estimate of drug-likeness (QED) is 0.0886. The van der Waals surface area contributed by atoms with Gasteiger partial charge in [0.05, 0.1) is 28.1 Å². The molecule has 2 aromatic heterocycles. The van der Waals surface area contributed by atoms with Crippen LogP contribution in [0.25, 0.3) is 5.00 Å².